The molecule has 5 atom stereocenters. The first kappa shape index (κ1) is 20.9. The minimum atomic E-state index is 0.253. The Balaban J connectivity index is 1.60. The van der Waals surface area contributed by atoms with Crippen molar-refractivity contribution < 1.29 is 4.79 Å². The highest BCUT2D eigenvalue weighted by atomic mass is 16.1. The molecule has 0 aromatic carbocycles. The van der Waals surface area contributed by atoms with Gasteiger partial charge in [-0.2, -0.15) is 0 Å². The molecule has 27 heavy (non-hydrogen) atoms. The molecule has 0 spiro atoms. The van der Waals surface area contributed by atoms with E-state index < -0.39 is 0 Å². The number of Topliss-reactive ketones (excluding diaryl/α,β-unsaturated/α-hetero) is 1. The fourth-order valence-corrected chi connectivity index (χ4v) is 6.60. The van der Waals surface area contributed by atoms with E-state index >= 15 is 0 Å². The predicted octanol–water partition coefficient (Wildman–Crippen LogP) is 7.52. The smallest absolute Gasteiger partial charge is 0.136 e. The second-order valence-electron chi connectivity index (χ2n) is 10.3. The van der Waals surface area contributed by atoms with Gasteiger partial charge in [0.25, 0.3) is 0 Å². The third kappa shape index (κ3) is 3.99. The van der Waals surface area contributed by atoms with E-state index in [1.165, 1.54) is 56.9 Å². The third-order valence-corrected chi connectivity index (χ3v) is 8.72. The van der Waals surface area contributed by atoms with Crippen molar-refractivity contribution in [1.29, 1.82) is 0 Å². The maximum Gasteiger partial charge on any atom is 0.136 e. The SMILES string of the molecule is C=C(CCCCC)C1([C@H](C)/C=C/[C@@H](C)[C@H]2CC[C@H]3C(=O)CCC[C@]23C)CC1. The molecule has 0 aromatic heterocycles. The van der Waals surface area contributed by atoms with Crippen LogP contribution in [0.2, 0.25) is 0 Å². The summed E-state index contributed by atoms with van der Waals surface area (Å²) in [5.41, 5.74) is 2.16. The van der Waals surface area contributed by atoms with Gasteiger partial charge in [0, 0.05) is 12.3 Å². The van der Waals surface area contributed by atoms with Crippen LogP contribution in [0.1, 0.15) is 98.3 Å². The van der Waals surface area contributed by atoms with Gasteiger partial charge in [-0.3, -0.25) is 4.79 Å². The molecule has 3 aliphatic carbocycles. The summed E-state index contributed by atoms with van der Waals surface area (Å²) in [5, 5.41) is 0. The summed E-state index contributed by atoms with van der Waals surface area (Å²) in [6.07, 6.45) is 18.4. The van der Waals surface area contributed by atoms with Gasteiger partial charge in [0.1, 0.15) is 5.78 Å². The predicted molar refractivity (Wildman–Crippen MR) is 116 cm³/mol. The van der Waals surface area contributed by atoms with Crippen LogP contribution in [0, 0.1) is 34.5 Å². The summed E-state index contributed by atoms with van der Waals surface area (Å²) < 4.78 is 0. The monoisotopic (exact) mass is 370 g/mol. The maximum absolute atomic E-state index is 12.4. The number of ketones is 1. The Morgan fingerprint density at radius 3 is 2.59 bits per heavy atom. The fourth-order valence-electron chi connectivity index (χ4n) is 6.60. The van der Waals surface area contributed by atoms with Gasteiger partial charge < -0.3 is 0 Å². The van der Waals surface area contributed by atoms with Crippen LogP contribution in [0.25, 0.3) is 0 Å². The van der Waals surface area contributed by atoms with Gasteiger partial charge in [0.05, 0.1) is 0 Å². The van der Waals surface area contributed by atoms with Crippen molar-refractivity contribution in [3.8, 4) is 0 Å². The van der Waals surface area contributed by atoms with Crippen molar-refractivity contribution in [3.05, 3.63) is 24.3 Å². The molecular weight excluding hydrogens is 328 g/mol. The van der Waals surface area contributed by atoms with Crippen LogP contribution in [0.15, 0.2) is 24.3 Å². The van der Waals surface area contributed by atoms with Gasteiger partial charge in [-0.25, -0.2) is 0 Å². The zero-order valence-electron chi connectivity index (χ0n) is 18.4. The number of rotatable bonds is 9. The molecule has 0 radical (unpaired) electrons. The Morgan fingerprint density at radius 2 is 1.93 bits per heavy atom. The number of hydrogen-bond donors (Lipinski definition) is 0. The molecule has 3 aliphatic rings. The van der Waals surface area contributed by atoms with Crippen LogP contribution >= 0.6 is 0 Å². The van der Waals surface area contributed by atoms with Crippen LogP contribution in [0.3, 0.4) is 0 Å². The zero-order chi connectivity index (χ0) is 19.7. The normalized spacial score (nSPS) is 34.4. The fraction of sp³-hybridized carbons (Fsp3) is 0.808. The van der Waals surface area contributed by atoms with Crippen molar-refractivity contribution in [2.45, 2.75) is 98.3 Å². The highest BCUT2D eigenvalue weighted by Gasteiger charge is 2.52. The standard InChI is InChI=1S/C26H42O/c1-6-7-8-10-20(3)26(17-18-26)21(4)13-12-19(2)22-14-15-23-24(27)11-9-16-25(22,23)5/h12-13,19,21-23H,3,6-11,14-18H2,1-2,4-5H3/b13-12+/t19-,21-,22-,23+,25-/m1/s1. The number of carbonyl (C=O) groups is 1. The van der Waals surface area contributed by atoms with Gasteiger partial charge in [0.15, 0.2) is 0 Å². The quantitative estimate of drug-likeness (QED) is 0.303. The first-order chi connectivity index (χ1) is 12.8. The van der Waals surface area contributed by atoms with Crippen molar-refractivity contribution in [2.75, 3.05) is 0 Å². The van der Waals surface area contributed by atoms with Gasteiger partial charge in [-0.1, -0.05) is 64.8 Å². The molecule has 0 unspecified atom stereocenters. The van der Waals surface area contributed by atoms with Crippen molar-refractivity contribution in [2.24, 2.45) is 34.5 Å². The summed E-state index contributed by atoms with van der Waals surface area (Å²) in [4.78, 5) is 12.4. The second-order valence-corrected chi connectivity index (χ2v) is 10.3. The molecule has 3 saturated carbocycles. The van der Waals surface area contributed by atoms with Crippen molar-refractivity contribution in [3.63, 3.8) is 0 Å². The van der Waals surface area contributed by atoms with E-state index in [1.54, 1.807) is 0 Å². The Morgan fingerprint density at radius 1 is 1.19 bits per heavy atom. The molecule has 3 fully saturated rings. The summed E-state index contributed by atoms with van der Waals surface area (Å²) in [7, 11) is 0. The minimum Gasteiger partial charge on any atom is -0.299 e. The topological polar surface area (TPSA) is 17.1 Å². The van der Waals surface area contributed by atoms with E-state index in [0.29, 0.717) is 34.9 Å². The summed E-state index contributed by atoms with van der Waals surface area (Å²) >= 11 is 0. The first-order valence-corrected chi connectivity index (χ1v) is 11.7. The largest absolute Gasteiger partial charge is 0.299 e. The van der Waals surface area contributed by atoms with Crippen LogP contribution in [0.4, 0.5) is 0 Å². The summed E-state index contributed by atoms with van der Waals surface area (Å²) in [5.74, 6) is 2.76. The summed E-state index contributed by atoms with van der Waals surface area (Å²) in [6.45, 7) is 14.0. The van der Waals surface area contributed by atoms with Crippen LogP contribution < -0.4 is 0 Å². The molecule has 0 bridgehead atoms. The summed E-state index contributed by atoms with van der Waals surface area (Å²) in [6, 6.07) is 0. The maximum atomic E-state index is 12.4. The molecule has 0 N–H and O–H groups in total. The highest BCUT2D eigenvalue weighted by molar-refractivity contribution is 5.83. The molecule has 1 heteroatoms. The van der Waals surface area contributed by atoms with E-state index in [4.69, 9.17) is 0 Å². The molecule has 3 rings (SSSR count). The Labute approximate surface area is 168 Å². The van der Waals surface area contributed by atoms with Crippen LogP contribution in [-0.2, 0) is 4.79 Å². The molecular formula is C26H42O. The van der Waals surface area contributed by atoms with E-state index in [1.807, 2.05) is 0 Å². The highest BCUT2D eigenvalue weighted by Crippen LogP contribution is 2.59. The Bertz CT molecular complexity index is 581. The van der Waals surface area contributed by atoms with Crippen molar-refractivity contribution in [1.82, 2.24) is 0 Å². The molecule has 0 aliphatic heterocycles. The lowest BCUT2D eigenvalue weighted by Gasteiger charge is -2.41. The lowest BCUT2D eigenvalue weighted by molar-refractivity contribution is -0.129. The molecule has 0 heterocycles. The van der Waals surface area contributed by atoms with Gasteiger partial charge in [-0.05, 0) is 80.0 Å². The number of fused-ring (bicyclic) bond motifs is 1. The molecule has 0 amide bonds. The first-order valence-electron chi connectivity index (χ1n) is 11.7. The van der Waals surface area contributed by atoms with Gasteiger partial charge >= 0.3 is 0 Å². The van der Waals surface area contributed by atoms with Crippen LogP contribution in [0.5, 0.6) is 0 Å². The van der Waals surface area contributed by atoms with E-state index in [0.717, 1.165) is 19.3 Å². The molecule has 1 nitrogen and oxygen atoms in total. The Kier molecular flexibility index (Phi) is 6.38. The number of unbranched alkanes of at least 4 members (excludes halogenated alkanes) is 2. The minimum absolute atomic E-state index is 0.253. The number of allylic oxidation sites excluding steroid dienone is 3. The molecule has 0 saturated heterocycles. The van der Waals surface area contributed by atoms with Crippen LogP contribution in [-0.4, -0.2) is 5.78 Å². The lowest BCUT2D eigenvalue weighted by atomic mass is 9.62. The molecule has 152 valence electrons. The third-order valence-electron chi connectivity index (χ3n) is 8.72. The van der Waals surface area contributed by atoms with Crippen molar-refractivity contribution >= 4 is 5.78 Å². The number of carbonyl (C=O) groups excluding carboxylic acids is 1. The van der Waals surface area contributed by atoms with Gasteiger partial charge in [0.2, 0.25) is 0 Å². The van der Waals surface area contributed by atoms with E-state index in [-0.39, 0.29) is 5.41 Å². The second kappa shape index (κ2) is 8.26. The average molecular weight is 371 g/mol. The molecule has 0 aromatic rings. The number of hydrogen-bond acceptors (Lipinski definition) is 1. The van der Waals surface area contributed by atoms with Gasteiger partial charge in [-0.15, -0.1) is 0 Å². The lowest BCUT2D eigenvalue weighted by Crippen LogP contribution is -2.39. The zero-order valence-corrected chi connectivity index (χ0v) is 18.4. The van der Waals surface area contributed by atoms with E-state index in [2.05, 4.69) is 46.4 Å². The average Bonchev–Trinajstić information content (AvgIpc) is 3.37. The Hall–Kier alpha value is -0.850. The van der Waals surface area contributed by atoms with E-state index in [9.17, 15) is 4.79 Å².